The van der Waals surface area contributed by atoms with E-state index in [1.54, 1.807) is 0 Å². The molecule has 0 saturated carbocycles. The smallest absolute Gasteiger partial charge is 0.0558 e. The summed E-state index contributed by atoms with van der Waals surface area (Å²) in [4.78, 5) is 4.76. The first-order valence-corrected chi connectivity index (χ1v) is 7.39. The molecule has 1 fully saturated rings. The van der Waals surface area contributed by atoms with Crippen LogP contribution in [0.1, 0.15) is 25.3 Å². The number of nitrogens with zero attached hydrogens (tertiary/aromatic N) is 2. The lowest BCUT2D eigenvalue weighted by molar-refractivity contribution is 0.166. The van der Waals surface area contributed by atoms with Crippen LogP contribution in [-0.4, -0.2) is 49.3 Å². The standard InChI is InChI=1S/C16H26N2O/c1-3-14-6-8-15(9-7-14)18-10-4-5-16(13-18)17(2)11-12-19/h6-9,16,19H,3-5,10-13H2,1-2H3. The molecular formula is C16H26N2O. The van der Waals surface area contributed by atoms with Crippen LogP contribution in [0.25, 0.3) is 0 Å². The number of likely N-dealkylation sites (N-methyl/N-ethyl adjacent to an activating group) is 1. The fourth-order valence-electron chi connectivity index (χ4n) is 2.83. The van der Waals surface area contributed by atoms with E-state index in [-0.39, 0.29) is 6.61 Å². The molecule has 3 nitrogen and oxygen atoms in total. The normalized spacial score (nSPS) is 20.0. The second-order valence-corrected chi connectivity index (χ2v) is 5.47. The van der Waals surface area contributed by atoms with Gasteiger partial charge in [-0.05, 0) is 44.0 Å². The zero-order valence-corrected chi connectivity index (χ0v) is 12.2. The van der Waals surface area contributed by atoms with E-state index in [0.717, 1.165) is 26.1 Å². The number of anilines is 1. The molecule has 1 aromatic rings. The number of aliphatic hydroxyl groups excluding tert-OH is 1. The SMILES string of the molecule is CCc1ccc(N2CCCC(N(C)CCO)C2)cc1. The average molecular weight is 262 g/mol. The number of aryl methyl sites for hydroxylation is 1. The van der Waals surface area contributed by atoms with Crippen molar-refractivity contribution >= 4 is 5.69 Å². The molecule has 0 aliphatic carbocycles. The van der Waals surface area contributed by atoms with Gasteiger partial charge in [0, 0.05) is 31.4 Å². The van der Waals surface area contributed by atoms with Gasteiger partial charge >= 0.3 is 0 Å². The van der Waals surface area contributed by atoms with Gasteiger partial charge in [0.1, 0.15) is 0 Å². The van der Waals surface area contributed by atoms with Crippen LogP contribution in [0.3, 0.4) is 0 Å². The Morgan fingerprint density at radius 3 is 2.68 bits per heavy atom. The molecule has 0 aromatic heterocycles. The number of hydrogen-bond donors (Lipinski definition) is 1. The lowest BCUT2D eigenvalue weighted by Gasteiger charge is -2.38. The lowest BCUT2D eigenvalue weighted by atomic mass is 10.0. The van der Waals surface area contributed by atoms with Crippen LogP contribution in [0, 0.1) is 0 Å². The fraction of sp³-hybridized carbons (Fsp3) is 0.625. The number of benzene rings is 1. The van der Waals surface area contributed by atoms with Gasteiger partial charge in [-0.2, -0.15) is 0 Å². The fourth-order valence-corrected chi connectivity index (χ4v) is 2.83. The third kappa shape index (κ3) is 3.71. The van der Waals surface area contributed by atoms with Gasteiger partial charge in [0.15, 0.2) is 0 Å². The molecular weight excluding hydrogens is 236 g/mol. The quantitative estimate of drug-likeness (QED) is 0.881. The predicted octanol–water partition coefficient (Wildman–Crippen LogP) is 2.14. The van der Waals surface area contributed by atoms with Crippen LogP contribution < -0.4 is 4.90 Å². The molecule has 0 bridgehead atoms. The van der Waals surface area contributed by atoms with Crippen molar-refractivity contribution in [2.45, 2.75) is 32.2 Å². The summed E-state index contributed by atoms with van der Waals surface area (Å²) in [6, 6.07) is 9.51. The molecule has 1 aliphatic rings. The van der Waals surface area contributed by atoms with E-state index in [1.807, 2.05) is 0 Å². The highest BCUT2D eigenvalue weighted by Gasteiger charge is 2.22. The first kappa shape index (κ1) is 14.4. The van der Waals surface area contributed by atoms with E-state index in [9.17, 15) is 0 Å². The highest BCUT2D eigenvalue weighted by Crippen LogP contribution is 2.22. The Hall–Kier alpha value is -1.06. The van der Waals surface area contributed by atoms with Gasteiger partial charge < -0.3 is 10.0 Å². The molecule has 0 spiro atoms. The Kier molecular flexibility index (Phi) is 5.23. The van der Waals surface area contributed by atoms with Crippen LogP contribution in [0.4, 0.5) is 5.69 Å². The van der Waals surface area contributed by atoms with Gasteiger partial charge in [-0.3, -0.25) is 4.90 Å². The van der Waals surface area contributed by atoms with E-state index in [2.05, 4.69) is 48.0 Å². The first-order chi connectivity index (χ1) is 9.24. The molecule has 1 atom stereocenters. The molecule has 2 rings (SSSR count). The van der Waals surface area contributed by atoms with E-state index >= 15 is 0 Å². The van der Waals surface area contributed by atoms with Crippen molar-refractivity contribution in [3.05, 3.63) is 29.8 Å². The zero-order valence-electron chi connectivity index (χ0n) is 12.2. The molecule has 1 unspecified atom stereocenters. The number of hydrogen-bond acceptors (Lipinski definition) is 3. The highest BCUT2D eigenvalue weighted by atomic mass is 16.3. The Labute approximate surface area is 116 Å². The van der Waals surface area contributed by atoms with Crippen molar-refractivity contribution in [2.24, 2.45) is 0 Å². The zero-order chi connectivity index (χ0) is 13.7. The summed E-state index contributed by atoms with van der Waals surface area (Å²) in [6.07, 6.45) is 3.57. The van der Waals surface area contributed by atoms with E-state index in [0.29, 0.717) is 6.04 Å². The predicted molar refractivity (Wildman–Crippen MR) is 80.8 cm³/mol. The van der Waals surface area contributed by atoms with Gasteiger partial charge in [-0.25, -0.2) is 0 Å². The van der Waals surface area contributed by atoms with Crippen LogP contribution in [0.2, 0.25) is 0 Å². The third-order valence-electron chi connectivity index (χ3n) is 4.18. The van der Waals surface area contributed by atoms with Gasteiger partial charge in [0.25, 0.3) is 0 Å². The second-order valence-electron chi connectivity index (χ2n) is 5.47. The largest absolute Gasteiger partial charge is 0.395 e. The van der Waals surface area contributed by atoms with Crippen LogP contribution in [0.5, 0.6) is 0 Å². The Balaban J connectivity index is 1.99. The summed E-state index contributed by atoms with van der Waals surface area (Å²) in [5.41, 5.74) is 2.73. The molecule has 0 radical (unpaired) electrons. The molecule has 0 amide bonds. The topological polar surface area (TPSA) is 26.7 Å². The van der Waals surface area contributed by atoms with Gasteiger partial charge in [-0.15, -0.1) is 0 Å². The summed E-state index contributed by atoms with van der Waals surface area (Å²) in [6.45, 7) is 5.43. The molecule has 1 N–H and O–H groups in total. The van der Waals surface area contributed by atoms with Gasteiger partial charge in [0.05, 0.1) is 6.61 Å². The van der Waals surface area contributed by atoms with Crippen LogP contribution in [-0.2, 0) is 6.42 Å². The van der Waals surface area contributed by atoms with Crippen molar-refractivity contribution in [3.63, 3.8) is 0 Å². The minimum Gasteiger partial charge on any atom is -0.395 e. The molecule has 1 aliphatic heterocycles. The van der Waals surface area contributed by atoms with Gasteiger partial charge in [0.2, 0.25) is 0 Å². The summed E-state index contributed by atoms with van der Waals surface area (Å²) >= 11 is 0. The Morgan fingerprint density at radius 1 is 1.32 bits per heavy atom. The summed E-state index contributed by atoms with van der Waals surface area (Å²) in [5.74, 6) is 0. The number of aliphatic hydroxyl groups is 1. The molecule has 1 saturated heterocycles. The molecule has 1 aromatic carbocycles. The average Bonchev–Trinajstić information content (AvgIpc) is 2.48. The monoisotopic (exact) mass is 262 g/mol. The van der Waals surface area contributed by atoms with Crippen molar-refractivity contribution in [1.29, 1.82) is 0 Å². The number of piperidine rings is 1. The van der Waals surface area contributed by atoms with Crippen molar-refractivity contribution in [3.8, 4) is 0 Å². The van der Waals surface area contributed by atoms with Crippen LogP contribution >= 0.6 is 0 Å². The van der Waals surface area contributed by atoms with Crippen LogP contribution in [0.15, 0.2) is 24.3 Å². The summed E-state index contributed by atoms with van der Waals surface area (Å²) in [5, 5.41) is 9.05. The molecule has 19 heavy (non-hydrogen) atoms. The van der Waals surface area contributed by atoms with Crippen molar-refractivity contribution in [2.75, 3.05) is 38.2 Å². The molecule has 106 valence electrons. The number of rotatable bonds is 5. The Bertz CT molecular complexity index is 377. The van der Waals surface area contributed by atoms with E-state index in [4.69, 9.17) is 5.11 Å². The second kappa shape index (κ2) is 6.92. The highest BCUT2D eigenvalue weighted by molar-refractivity contribution is 5.48. The maximum absolute atomic E-state index is 9.05. The van der Waals surface area contributed by atoms with Crippen molar-refractivity contribution in [1.82, 2.24) is 4.90 Å². The third-order valence-corrected chi connectivity index (χ3v) is 4.18. The molecule has 3 heteroatoms. The molecule has 1 heterocycles. The minimum absolute atomic E-state index is 0.248. The van der Waals surface area contributed by atoms with Crippen molar-refractivity contribution < 1.29 is 5.11 Å². The minimum atomic E-state index is 0.248. The van der Waals surface area contributed by atoms with E-state index in [1.165, 1.54) is 24.1 Å². The first-order valence-electron chi connectivity index (χ1n) is 7.39. The Morgan fingerprint density at radius 2 is 2.05 bits per heavy atom. The lowest BCUT2D eigenvalue weighted by Crippen LogP contribution is -2.47. The summed E-state index contributed by atoms with van der Waals surface area (Å²) in [7, 11) is 2.12. The van der Waals surface area contributed by atoms with E-state index < -0.39 is 0 Å². The van der Waals surface area contributed by atoms with Gasteiger partial charge in [-0.1, -0.05) is 19.1 Å². The maximum Gasteiger partial charge on any atom is 0.0558 e. The maximum atomic E-state index is 9.05. The summed E-state index contributed by atoms with van der Waals surface area (Å²) < 4.78 is 0.